The Balaban J connectivity index is 1.96. The number of carbonyl (C=O) groups is 1. The number of carboxylic acids is 1. The summed E-state index contributed by atoms with van der Waals surface area (Å²) >= 11 is 0. The van der Waals surface area contributed by atoms with E-state index in [0.29, 0.717) is 23.1 Å². The van der Waals surface area contributed by atoms with Gasteiger partial charge in [0.1, 0.15) is 0 Å². The topological polar surface area (TPSA) is 89.8 Å². The van der Waals surface area contributed by atoms with Gasteiger partial charge in [-0.15, -0.1) is 0 Å². The lowest BCUT2D eigenvalue weighted by molar-refractivity contribution is -0.137. The predicted octanol–water partition coefficient (Wildman–Crippen LogP) is 6.92. The van der Waals surface area contributed by atoms with Crippen molar-refractivity contribution in [2.75, 3.05) is 0 Å². The van der Waals surface area contributed by atoms with E-state index in [2.05, 4.69) is 10.2 Å². The fourth-order valence-corrected chi connectivity index (χ4v) is 4.12. The number of benzene rings is 3. The predicted molar refractivity (Wildman–Crippen MR) is 132 cm³/mol. The molecule has 0 fully saturated rings. The van der Waals surface area contributed by atoms with Crippen molar-refractivity contribution in [1.82, 2.24) is 10.2 Å². The summed E-state index contributed by atoms with van der Waals surface area (Å²) in [6, 6.07) is 18.0. The molecule has 4 rings (SSSR count). The van der Waals surface area contributed by atoms with E-state index in [1.807, 2.05) is 43.3 Å². The molecule has 5 nitrogen and oxygen atoms in total. The smallest absolute Gasteiger partial charge is 0.416 e. The Morgan fingerprint density at radius 3 is 2.44 bits per heavy atom. The number of alkyl halides is 3. The van der Waals surface area contributed by atoms with Crippen molar-refractivity contribution in [3.05, 3.63) is 106 Å². The van der Waals surface area contributed by atoms with Crippen LogP contribution >= 0.6 is 0 Å². The van der Waals surface area contributed by atoms with Gasteiger partial charge < -0.3 is 5.11 Å². The highest BCUT2D eigenvalue weighted by molar-refractivity contribution is 6.01. The SMILES string of the molecule is CC/C(=C(/c1ccc(/C=C/C(=O)O)cc1)c1ccc2[nH]ncc2c1)c1ccc(C(F)(F)F)cc1C#N. The number of hydrogen-bond acceptors (Lipinski definition) is 3. The molecule has 8 heteroatoms. The van der Waals surface area contributed by atoms with Gasteiger partial charge in [-0.25, -0.2) is 4.79 Å². The summed E-state index contributed by atoms with van der Waals surface area (Å²) in [4.78, 5) is 10.9. The average Bonchev–Trinajstić information content (AvgIpc) is 3.33. The highest BCUT2D eigenvalue weighted by Crippen LogP contribution is 2.38. The first kappa shape index (κ1) is 24.5. The zero-order valence-electron chi connectivity index (χ0n) is 19.1. The number of aromatic amines is 1. The maximum atomic E-state index is 13.3. The van der Waals surface area contributed by atoms with Crippen molar-refractivity contribution >= 4 is 34.1 Å². The fraction of sp³-hybridized carbons (Fsp3) is 0.107. The lowest BCUT2D eigenvalue weighted by Crippen LogP contribution is -2.06. The van der Waals surface area contributed by atoms with Crippen LogP contribution in [0.4, 0.5) is 13.2 Å². The molecule has 3 aromatic carbocycles. The molecular weight excluding hydrogens is 467 g/mol. The third kappa shape index (κ3) is 5.05. The number of nitriles is 1. The minimum absolute atomic E-state index is 0.0652. The Morgan fingerprint density at radius 2 is 1.81 bits per heavy atom. The van der Waals surface area contributed by atoms with E-state index in [1.165, 1.54) is 12.1 Å². The van der Waals surface area contributed by atoms with Gasteiger partial charge in [0, 0.05) is 11.5 Å². The van der Waals surface area contributed by atoms with Crippen LogP contribution in [0.5, 0.6) is 0 Å². The molecule has 180 valence electrons. The number of rotatable bonds is 6. The molecule has 0 atom stereocenters. The van der Waals surface area contributed by atoms with E-state index in [-0.39, 0.29) is 5.56 Å². The highest BCUT2D eigenvalue weighted by atomic mass is 19.4. The third-order valence-electron chi connectivity index (χ3n) is 5.79. The van der Waals surface area contributed by atoms with Crippen LogP contribution in [0, 0.1) is 11.3 Å². The summed E-state index contributed by atoms with van der Waals surface area (Å²) in [5, 5.41) is 26.4. The van der Waals surface area contributed by atoms with Crippen LogP contribution in [0.1, 0.15) is 46.7 Å². The minimum Gasteiger partial charge on any atom is -0.478 e. The maximum Gasteiger partial charge on any atom is 0.416 e. The lowest BCUT2D eigenvalue weighted by Gasteiger charge is -2.18. The maximum absolute atomic E-state index is 13.3. The standard InChI is InChI=1S/C28H20F3N3O2/c1-2-23(24-10-9-22(28(29,30)31)14-20(24)15-32)27(19-8-11-25-21(13-19)16-33-34-25)18-6-3-17(4-7-18)5-12-26(35)36/h3-14,16H,2H2,1H3,(H,33,34)(H,35,36)/b12-5+,27-23+. The number of hydrogen-bond donors (Lipinski definition) is 2. The Kier molecular flexibility index (Phi) is 6.75. The van der Waals surface area contributed by atoms with E-state index in [0.717, 1.165) is 45.8 Å². The average molecular weight is 487 g/mol. The second-order valence-corrected chi connectivity index (χ2v) is 8.04. The van der Waals surface area contributed by atoms with Crippen LogP contribution in [0.2, 0.25) is 0 Å². The molecule has 0 radical (unpaired) electrons. The number of nitrogens with zero attached hydrogens (tertiary/aromatic N) is 2. The molecule has 0 saturated heterocycles. The molecule has 1 heterocycles. The number of allylic oxidation sites excluding steroid dienone is 1. The van der Waals surface area contributed by atoms with Crippen LogP contribution < -0.4 is 0 Å². The van der Waals surface area contributed by atoms with Gasteiger partial charge >= 0.3 is 12.1 Å². The van der Waals surface area contributed by atoms with Crippen molar-refractivity contribution in [1.29, 1.82) is 5.26 Å². The Labute approximate surface area is 204 Å². The van der Waals surface area contributed by atoms with Crippen molar-refractivity contribution in [3.63, 3.8) is 0 Å². The molecule has 0 aliphatic rings. The van der Waals surface area contributed by atoms with Gasteiger partial charge in [-0.05, 0) is 70.2 Å². The summed E-state index contributed by atoms with van der Waals surface area (Å²) in [5.74, 6) is -1.06. The fourth-order valence-electron chi connectivity index (χ4n) is 4.12. The molecule has 0 spiro atoms. The molecule has 0 aliphatic carbocycles. The van der Waals surface area contributed by atoms with Gasteiger partial charge in [0.25, 0.3) is 0 Å². The van der Waals surface area contributed by atoms with Crippen LogP contribution in [0.3, 0.4) is 0 Å². The number of aromatic nitrogens is 2. The normalized spacial score (nSPS) is 12.5. The summed E-state index contributed by atoms with van der Waals surface area (Å²) < 4.78 is 39.9. The van der Waals surface area contributed by atoms with Crippen LogP contribution in [0.25, 0.3) is 28.1 Å². The highest BCUT2D eigenvalue weighted by Gasteiger charge is 2.31. The molecule has 4 aromatic rings. The Hall–Kier alpha value is -4.64. The molecule has 36 heavy (non-hydrogen) atoms. The zero-order chi connectivity index (χ0) is 25.9. The first-order valence-corrected chi connectivity index (χ1v) is 11.0. The molecule has 2 N–H and O–H groups in total. The Bertz CT molecular complexity index is 1540. The minimum atomic E-state index is -4.56. The molecule has 0 bridgehead atoms. The van der Waals surface area contributed by atoms with E-state index in [9.17, 15) is 23.2 Å². The number of H-pyrrole nitrogens is 1. The molecule has 0 aliphatic heterocycles. The van der Waals surface area contributed by atoms with Crippen molar-refractivity contribution < 1.29 is 23.1 Å². The first-order chi connectivity index (χ1) is 17.2. The number of nitrogens with one attached hydrogen (secondary N) is 1. The first-order valence-electron chi connectivity index (χ1n) is 11.0. The van der Waals surface area contributed by atoms with Gasteiger partial charge in [0.05, 0.1) is 28.9 Å². The monoisotopic (exact) mass is 487 g/mol. The van der Waals surface area contributed by atoms with Gasteiger partial charge in [-0.3, -0.25) is 5.10 Å². The molecule has 0 amide bonds. The quantitative estimate of drug-likeness (QED) is 0.228. The summed E-state index contributed by atoms with van der Waals surface area (Å²) in [5.41, 5.74) is 4.02. The van der Waals surface area contributed by atoms with E-state index in [1.54, 1.807) is 18.3 Å². The van der Waals surface area contributed by atoms with E-state index >= 15 is 0 Å². The molecular formula is C28H20F3N3O2. The van der Waals surface area contributed by atoms with E-state index in [4.69, 9.17) is 5.11 Å². The van der Waals surface area contributed by atoms with Crippen molar-refractivity contribution in [2.45, 2.75) is 19.5 Å². The molecule has 0 saturated carbocycles. The van der Waals surface area contributed by atoms with Gasteiger partial charge in [-0.1, -0.05) is 43.3 Å². The lowest BCUT2D eigenvalue weighted by atomic mass is 9.85. The van der Waals surface area contributed by atoms with Crippen molar-refractivity contribution in [2.24, 2.45) is 0 Å². The largest absolute Gasteiger partial charge is 0.478 e. The molecule has 0 unspecified atom stereocenters. The van der Waals surface area contributed by atoms with Crippen LogP contribution in [0.15, 0.2) is 72.9 Å². The Morgan fingerprint density at radius 1 is 1.08 bits per heavy atom. The van der Waals surface area contributed by atoms with E-state index < -0.39 is 17.7 Å². The summed E-state index contributed by atoms with van der Waals surface area (Å²) in [7, 11) is 0. The van der Waals surface area contributed by atoms with Gasteiger partial charge in [0.2, 0.25) is 0 Å². The number of fused-ring (bicyclic) bond motifs is 1. The van der Waals surface area contributed by atoms with Crippen LogP contribution in [-0.4, -0.2) is 21.3 Å². The summed E-state index contributed by atoms with van der Waals surface area (Å²) in [6.45, 7) is 1.88. The zero-order valence-corrected chi connectivity index (χ0v) is 19.1. The third-order valence-corrected chi connectivity index (χ3v) is 5.79. The second-order valence-electron chi connectivity index (χ2n) is 8.04. The number of carboxylic acid groups (broad SMARTS) is 1. The summed E-state index contributed by atoms with van der Waals surface area (Å²) in [6.07, 6.45) is 0.0731. The van der Waals surface area contributed by atoms with Crippen LogP contribution in [-0.2, 0) is 11.0 Å². The number of aliphatic carboxylic acids is 1. The second kappa shape index (κ2) is 9.92. The van der Waals surface area contributed by atoms with Gasteiger partial charge in [0.15, 0.2) is 0 Å². The van der Waals surface area contributed by atoms with Gasteiger partial charge in [-0.2, -0.15) is 23.5 Å². The number of halogens is 3. The van der Waals surface area contributed by atoms with Crippen molar-refractivity contribution in [3.8, 4) is 6.07 Å². The molecule has 1 aromatic heterocycles.